The molecule has 2 nitrogen and oxygen atoms in total. The largest absolute Gasteiger partial charge is 0.271 e. The zero-order valence-corrected chi connectivity index (χ0v) is 14.5. The van der Waals surface area contributed by atoms with Crippen molar-refractivity contribution < 1.29 is 4.39 Å². The van der Waals surface area contributed by atoms with E-state index in [4.69, 9.17) is 17.4 Å². The molecular formula is C15H15BrClFN2S. The van der Waals surface area contributed by atoms with Gasteiger partial charge in [0.2, 0.25) is 0 Å². The molecule has 0 amide bonds. The number of thioether (sulfide) groups is 1. The van der Waals surface area contributed by atoms with Gasteiger partial charge in [-0.1, -0.05) is 35.4 Å². The van der Waals surface area contributed by atoms with Crippen LogP contribution >= 0.6 is 39.3 Å². The van der Waals surface area contributed by atoms with Crippen molar-refractivity contribution in [1.82, 2.24) is 5.43 Å². The summed E-state index contributed by atoms with van der Waals surface area (Å²) >= 11 is 10.7. The Bertz CT molecular complexity index is 622. The van der Waals surface area contributed by atoms with Gasteiger partial charge in [0.1, 0.15) is 5.82 Å². The molecule has 2 aromatic carbocycles. The Hall–Kier alpha value is -0.590. The molecule has 0 aliphatic heterocycles. The summed E-state index contributed by atoms with van der Waals surface area (Å²) in [5.41, 5.74) is 4.32. The summed E-state index contributed by atoms with van der Waals surface area (Å²) in [7, 11) is 0. The van der Waals surface area contributed by atoms with Gasteiger partial charge in [0.15, 0.2) is 0 Å². The first-order valence-electron chi connectivity index (χ1n) is 6.32. The summed E-state index contributed by atoms with van der Waals surface area (Å²) in [6.07, 6.45) is 0. The fourth-order valence-electron chi connectivity index (χ4n) is 1.85. The average molecular weight is 390 g/mol. The molecular weight excluding hydrogens is 375 g/mol. The normalized spacial score (nSPS) is 12.4. The van der Waals surface area contributed by atoms with Gasteiger partial charge in [0, 0.05) is 20.7 Å². The van der Waals surface area contributed by atoms with Crippen LogP contribution in [0.5, 0.6) is 0 Å². The average Bonchev–Trinajstić information content (AvgIpc) is 2.49. The van der Waals surface area contributed by atoms with E-state index in [2.05, 4.69) is 21.4 Å². The van der Waals surface area contributed by atoms with E-state index in [0.717, 1.165) is 4.90 Å². The zero-order chi connectivity index (χ0) is 15.4. The molecule has 21 heavy (non-hydrogen) atoms. The van der Waals surface area contributed by atoms with Crippen molar-refractivity contribution in [1.29, 1.82) is 0 Å². The maximum absolute atomic E-state index is 14.2. The number of aryl methyl sites for hydroxylation is 1. The highest BCUT2D eigenvalue weighted by Gasteiger charge is 2.18. The number of halogens is 3. The highest BCUT2D eigenvalue weighted by atomic mass is 79.9. The first kappa shape index (κ1) is 16.8. The fourth-order valence-corrected chi connectivity index (χ4v) is 3.29. The molecule has 0 radical (unpaired) electrons. The van der Waals surface area contributed by atoms with Gasteiger partial charge < -0.3 is 0 Å². The third-order valence-corrected chi connectivity index (χ3v) is 5.44. The maximum atomic E-state index is 14.2. The van der Waals surface area contributed by atoms with E-state index in [-0.39, 0.29) is 11.1 Å². The quantitative estimate of drug-likeness (QED) is 0.332. The molecule has 112 valence electrons. The van der Waals surface area contributed by atoms with E-state index in [1.54, 1.807) is 23.9 Å². The molecule has 6 heteroatoms. The molecule has 1 unspecified atom stereocenters. The van der Waals surface area contributed by atoms with Crippen molar-refractivity contribution in [2.45, 2.75) is 17.9 Å². The Balaban J connectivity index is 2.13. The maximum Gasteiger partial charge on any atom is 0.147 e. The van der Waals surface area contributed by atoms with E-state index in [0.29, 0.717) is 15.8 Å². The van der Waals surface area contributed by atoms with Gasteiger partial charge in [-0.3, -0.25) is 11.3 Å². The molecule has 2 aromatic rings. The Labute approximate surface area is 141 Å². The molecule has 0 saturated heterocycles. The lowest BCUT2D eigenvalue weighted by atomic mass is 10.1. The van der Waals surface area contributed by atoms with E-state index < -0.39 is 5.82 Å². The molecule has 3 N–H and O–H groups in total. The molecule has 0 saturated carbocycles. The summed E-state index contributed by atoms with van der Waals surface area (Å²) in [5, 5.41) is 0.0769. The first-order chi connectivity index (χ1) is 10.0. The van der Waals surface area contributed by atoms with Crippen molar-refractivity contribution in [2.24, 2.45) is 5.84 Å². The number of benzene rings is 2. The number of hydrazine groups is 1. The topological polar surface area (TPSA) is 38.0 Å². The first-order valence-corrected chi connectivity index (χ1v) is 8.47. The lowest BCUT2D eigenvalue weighted by Gasteiger charge is -2.17. The van der Waals surface area contributed by atoms with Crippen LogP contribution in [0.1, 0.15) is 17.2 Å². The fraction of sp³-hybridized carbons (Fsp3) is 0.200. The number of nitrogens with one attached hydrogen (secondary N) is 1. The minimum absolute atomic E-state index is 0.0769. The smallest absolute Gasteiger partial charge is 0.147 e. The monoisotopic (exact) mass is 388 g/mol. The van der Waals surface area contributed by atoms with Crippen LogP contribution in [0.3, 0.4) is 0 Å². The van der Waals surface area contributed by atoms with Crippen molar-refractivity contribution in [3.63, 3.8) is 0 Å². The van der Waals surface area contributed by atoms with Crippen molar-refractivity contribution >= 4 is 39.3 Å². The highest BCUT2D eigenvalue weighted by Crippen LogP contribution is 2.32. The number of hydrogen-bond acceptors (Lipinski definition) is 3. The van der Waals surface area contributed by atoms with E-state index in [1.165, 1.54) is 5.56 Å². The summed E-state index contributed by atoms with van der Waals surface area (Å²) in [4.78, 5) is 1.12. The van der Waals surface area contributed by atoms with Gasteiger partial charge in [0.25, 0.3) is 0 Å². The van der Waals surface area contributed by atoms with E-state index in [1.807, 2.05) is 31.2 Å². The molecule has 0 aromatic heterocycles. The second-order valence-corrected chi connectivity index (χ2v) is 6.93. The molecule has 1 atom stereocenters. The SMILES string of the molecule is Cc1ccc(SCC(NN)c2ccc(Br)c(Cl)c2F)cc1. The van der Waals surface area contributed by atoms with Crippen LogP contribution < -0.4 is 11.3 Å². The molecule has 0 bridgehead atoms. The van der Waals surface area contributed by atoms with Gasteiger partial charge in [-0.05, 0) is 41.1 Å². The van der Waals surface area contributed by atoms with Crippen molar-refractivity contribution in [2.75, 3.05) is 5.75 Å². The Morgan fingerprint density at radius 3 is 2.57 bits per heavy atom. The number of rotatable bonds is 5. The van der Waals surface area contributed by atoms with E-state index >= 15 is 0 Å². The van der Waals surface area contributed by atoms with E-state index in [9.17, 15) is 4.39 Å². The third-order valence-electron chi connectivity index (χ3n) is 3.08. The lowest BCUT2D eigenvalue weighted by molar-refractivity contribution is 0.546. The van der Waals surface area contributed by atoms with Crippen molar-refractivity contribution in [3.8, 4) is 0 Å². The van der Waals surface area contributed by atoms with Gasteiger partial charge in [0.05, 0.1) is 11.1 Å². The van der Waals surface area contributed by atoms with Crippen LogP contribution in [0.25, 0.3) is 0 Å². The number of hydrogen-bond donors (Lipinski definition) is 2. The summed E-state index contributed by atoms with van der Waals surface area (Å²) in [5.74, 6) is 5.73. The standard InChI is InChI=1S/C15H15BrClFN2S/c1-9-2-4-10(5-3-9)21-8-13(20-19)11-6-7-12(16)14(17)15(11)18/h2-7,13,20H,8,19H2,1H3. The highest BCUT2D eigenvalue weighted by molar-refractivity contribution is 9.10. The van der Waals surface area contributed by atoms with Crippen molar-refractivity contribution in [3.05, 3.63) is 62.8 Å². The van der Waals surface area contributed by atoms with Crippen LogP contribution in [-0.4, -0.2) is 5.75 Å². The Morgan fingerprint density at radius 2 is 1.95 bits per heavy atom. The second-order valence-electron chi connectivity index (χ2n) is 4.61. The van der Waals surface area contributed by atoms with Crippen LogP contribution in [0, 0.1) is 12.7 Å². The Morgan fingerprint density at radius 1 is 1.29 bits per heavy atom. The van der Waals surface area contributed by atoms with Crippen LogP contribution in [0.15, 0.2) is 45.8 Å². The van der Waals surface area contributed by atoms with Crippen LogP contribution in [0.4, 0.5) is 4.39 Å². The summed E-state index contributed by atoms with van der Waals surface area (Å²) < 4.78 is 14.7. The molecule has 0 spiro atoms. The molecule has 2 rings (SSSR count). The van der Waals surface area contributed by atoms with Gasteiger partial charge in [-0.15, -0.1) is 11.8 Å². The van der Waals surface area contributed by atoms with Crippen LogP contribution in [0.2, 0.25) is 5.02 Å². The predicted octanol–water partition coefficient (Wildman–Crippen LogP) is 4.85. The third kappa shape index (κ3) is 4.20. The lowest BCUT2D eigenvalue weighted by Crippen LogP contribution is -2.30. The van der Waals surface area contributed by atoms with Gasteiger partial charge in [-0.25, -0.2) is 4.39 Å². The Kier molecular flexibility index (Phi) is 6.08. The minimum atomic E-state index is -0.446. The molecule has 0 fully saturated rings. The molecule has 0 aliphatic carbocycles. The van der Waals surface area contributed by atoms with Gasteiger partial charge in [-0.2, -0.15) is 0 Å². The zero-order valence-electron chi connectivity index (χ0n) is 11.4. The second kappa shape index (κ2) is 7.61. The molecule has 0 heterocycles. The molecule has 0 aliphatic rings. The summed E-state index contributed by atoms with van der Waals surface area (Å²) in [6.45, 7) is 2.04. The van der Waals surface area contributed by atoms with Crippen LogP contribution in [-0.2, 0) is 0 Å². The van der Waals surface area contributed by atoms with Gasteiger partial charge >= 0.3 is 0 Å². The number of nitrogens with two attached hydrogens (primary N) is 1. The predicted molar refractivity (Wildman–Crippen MR) is 91.1 cm³/mol. The summed E-state index contributed by atoms with van der Waals surface area (Å²) in [6, 6.07) is 11.3. The minimum Gasteiger partial charge on any atom is -0.271 e.